The summed E-state index contributed by atoms with van der Waals surface area (Å²) in [5.41, 5.74) is 0. The molecule has 70 valence electrons. The predicted octanol–water partition coefficient (Wildman–Crippen LogP) is 0.251. The number of rotatable bonds is 6. The number of methoxy groups -OCH3 is 1. The molecule has 0 heterocycles. The van der Waals surface area contributed by atoms with E-state index in [1.54, 1.807) is 18.2 Å². The highest BCUT2D eigenvalue weighted by Gasteiger charge is 1.95. The summed E-state index contributed by atoms with van der Waals surface area (Å²) in [6.07, 6.45) is 2.29. The maximum atomic E-state index is 10.4. The second kappa shape index (κ2) is 6.67. The molecule has 0 atom stereocenters. The molecule has 0 saturated carbocycles. The quantitative estimate of drug-likeness (QED) is 0.250. The highest BCUT2D eigenvalue weighted by atomic mass is 16.5. The van der Waals surface area contributed by atoms with Crippen LogP contribution in [-0.2, 0) is 14.3 Å². The molecule has 0 spiro atoms. The minimum atomic E-state index is 0.317. The highest BCUT2D eigenvalue weighted by Crippen LogP contribution is 1.93. The lowest BCUT2D eigenvalue weighted by atomic mass is 10.5. The number of nitrogens with zero attached hydrogens (tertiary/aromatic N) is 1. The molecule has 12 heavy (non-hydrogen) atoms. The van der Waals surface area contributed by atoms with Crippen LogP contribution in [0.2, 0.25) is 0 Å². The van der Waals surface area contributed by atoms with E-state index in [4.69, 9.17) is 9.47 Å². The van der Waals surface area contributed by atoms with Crippen LogP contribution in [0.1, 0.15) is 0 Å². The Morgan fingerprint density at radius 1 is 1.42 bits per heavy atom. The lowest BCUT2D eigenvalue weighted by Crippen LogP contribution is -2.08. The van der Waals surface area contributed by atoms with Gasteiger partial charge in [0.15, 0.2) is 12.0 Å². The van der Waals surface area contributed by atoms with E-state index in [-0.39, 0.29) is 0 Å². The molecule has 0 aliphatic carbocycles. The first-order valence-electron chi connectivity index (χ1n) is 3.66. The first kappa shape index (κ1) is 11.0. The van der Waals surface area contributed by atoms with Gasteiger partial charge in [-0.05, 0) is 0 Å². The van der Waals surface area contributed by atoms with E-state index in [1.807, 2.05) is 14.1 Å². The lowest BCUT2D eigenvalue weighted by molar-refractivity contribution is -0.108. The second-order valence-electron chi connectivity index (χ2n) is 2.45. The molecular formula is C8H15NO3. The first-order valence-corrected chi connectivity index (χ1v) is 3.66. The Bertz CT molecular complexity index is 154. The van der Waals surface area contributed by atoms with Gasteiger partial charge in [-0.15, -0.1) is 0 Å². The van der Waals surface area contributed by atoms with Crippen LogP contribution < -0.4 is 0 Å². The van der Waals surface area contributed by atoms with Gasteiger partial charge in [0.05, 0.1) is 6.61 Å². The molecular weight excluding hydrogens is 158 g/mol. The summed E-state index contributed by atoms with van der Waals surface area (Å²) in [6, 6.07) is 0. The van der Waals surface area contributed by atoms with Gasteiger partial charge >= 0.3 is 0 Å². The van der Waals surface area contributed by atoms with Crippen molar-refractivity contribution in [3.8, 4) is 0 Å². The van der Waals surface area contributed by atoms with Crippen LogP contribution in [0.5, 0.6) is 0 Å². The van der Waals surface area contributed by atoms with Crippen LogP contribution in [0.15, 0.2) is 12.0 Å². The fraction of sp³-hybridized carbons (Fsp3) is 0.625. The van der Waals surface area contributed by atoms with Gasteiger partial charge in [-0.3, -0.25) is 4.79 Å². The first-order chi connectivity index (χ1) is 5.70. The van der Waals surface area contributed by atoms with Crippen LogP contribution in [-0.4, -0.2) is 45.6 Å². The Morgan fingerprint density at radius 3 is 2.50 bits per heavy atom. The van der Waals surface area contributed by atoms with Gasteiger partial charge in [-0.2, -0.15) is 0 Å². The van der Waals surface area contributed by atoms with Crippen molar-refractivity contribution in [1.29, 1.82) is 0 Å². The molecule has 0 aliphatic heterocycles. The minimum Gasteiger partial charge on any atom is -0.486 e. The number of ether oxygens (including phenoxy) is 2. The summed E-state index contributed by atoms with van der Waals surface area (Å²) in [7, 11) is 5.23. The molecule has 0 bridgehead atoms. The molecule has 0 aromatic carbocycles. The monoisotopic (exact) mass is 173 g/mol. The summed E-state index contributed by atoms with van der Waals surface area (Å²) in [5, 5.41) is 0. The van der Waals surface area contributed by atoms with Crippen molar-refractivity contribution in [2.45, 2.75) is 0 Å². The van der Waals surface area contributed by atoms with Crippen molar-refractivity contribution in [3.63, 3.8) is 0 Å². The molecule has 0 saturated heterocycles. The van der Waals surface area contributed by atoms with Crippen LogP contribution in [0.3, 0.4) is 0 Å². The number of aldehydes is 1. The standard InChI is InChI=1S/C8H15NO3/c1-9(2)6-8(7-10)12-5-4-11-3/h6-7H,4-5H2,1-3H3/b8-6+. The van der Waals surface area contributed by atoms with Gasteiger partial charge in [0.1, 0.15) is 6.61 Å². The number of carbonyl (C=O) groups is 1. The van der Waals surface area contributed by atoms with E-state index in [1.165, 1.54) is 0 Å². The zero-order valence-electron chi connectivity index (χ0n) is 7.74. The highest BCUT2D eigenvalue weighted by molar-refractivity contribution is 5.69. The Kier molecular flexibility index (Phi) is 6.09. The van der Waals surface area contributed by atoms with Crippen LogP contribution in [0, 0.1) is 0 Å². The number of allylic oxidation sites excluding steroid dienone is 1. The van der Waals surface area contributed by atoms with Gasteiger partial charge in [0.25, 0.3) is 0 Å². The zero-order valence-corrected chi connectivity index (χ0v) is 7.74. The topological polar surface area (TPSA) is 38.8 Å². The minimum absolute atomic E-state index is 0.317. The summed E-state index contributed by atoms with van der Waals surface area (Å²) in [6.45, 7) is 0.882. The van der Waals surface area contributed by atoms with E-state index in [0.29, 0.717) is 25.3 Å². The SMILES string of the molecule is COCCO/C(C=O)=C/N(C)C. The predicted molar refractivity (Wildman–Crippen MR) is 45.7 cm³/mol. The van der Waals surface area contributed by atoms with E-state index in [0.717, 1.165) is 0 Å². The molecule has 0 unspecified atom stereocenters. The molecule has 0 amide bonds. The van der Waals surface area contributed by atoms with Gasteiger partial charge in [-0.1, -0.05) is 0 Å². The summed E-state index contributed by atoms with van der Waals surface area (Å²) in [4.78, 5) is 12.1. The van der Waals surface area contributed by atoms with Crippen LogP contribution in [0.25, 0.3) is 0 Å². The normalized spacial score (nSPS) is 11.1. The summed E-state index contributed by atoms with van der Waals surface area (Å²) >= 11 is 0. The van der Waals surface area contributed by atoms with E-state index < -0.39 is 0 Å². The van der Waals surface area contributed by atoms with Crippen molar-refractivity contribution in [1.82, 2.24) is 4.90 Å². The Balaban J connectivity index is 3.75. The van der Waals surface area contributed by atoms with Crippen LogP contribution >= 0.6 is 0 Å². The molecule has 4 nitrogen and oxygen atoms in total. The molecule has 0 fully saturated rings. The Hall–Kier alpha value is -1.03. The van der Waals surface area contributed by atoms with Crippen molar-refractivity contribution < 1.29 is 14.3 Å². The third-order valence-electron chi connectivity index (χ3n) is 1.06. The fourth-order valence-electron chi connectivity index (χ4n) is 0.599. The molecule has 0 aromatic rings. The average Bonchev–Trinajstić information content (AvgIpc) is 2.02. The maximum Gasteiger partial charge on any atom is 0.186 e. The van der Waals surface area contributed by atoms with E-state index in [2.05, 4.69) is 0 Å². The Morgan fingerprint density at radius 2 is 2.08 bits per heavy atom. The van der Waals surface area contributed by atoms with Crippen molar-refractivity contribution in [3.05, 3.63) is 12.0 Å². The van der Waals surface area contributed by atoms with Gasteiger partial charge in [0.2, 0.25) is 0 Å². The molecule has 0 rings (SSSR count). The molecule has 4 heteroatoms. The van der Waals surface area contributed by atoms with Gasteiger partial charge < -0.3 is 14.4 Å². The number of hydrogen-bond acceptors (Lipinski definition) is 4. The third kappa shape index (κ3) is 5.73. The fourth-order valence-corrected chi connectivity index (χ4v) is 0.599. The third-order valence-corrected chi connectivity index (χ3v) is 1.06. The molecule has 0 aliphatic rings. The van der Waals surface area contributed by atoms with Gasteiger partial charge in [0, 0.05) is 27.4 Å². The summed E-state index contributed by atoms with van der Waals surface area (Å²) in [5.74, 6) is 0.317. The lowest BCUT2D eigenvalue weighted by Gasteiger charge is -2.08. The van der Waals surface area contributed by atoms with E-state index in [9.17, 15) is 4.79 Å². The number of carbonyl (C=O) groups excluding carboxylic acids is 1. The molecule has 0 radical (unpaired) electrons. The van der Waals surface area contributed by atoms with Crippen molar-refractivity contribution >= 4 is 6.29 Å². The maximum absolute atomic E-state index is 10.4. The second-order valence-corrected chi connectivity index (χ2v) is 2.45. The zero-order chi connectivity index (χ0) is 9.40. The average molecular weight is 173 g/mol. The van der Waals surface area contributed by atoms with Crippen molar-refractivity contribution in [2.24, 2.45) is 0 Å². The molecule has 0 N–H and O–H groups in total. The van der Waals surface area contributed by atoms with Crippen LogP contribution in [0.4, 0.5) is 0 Å². The largest absolute Gasteiger partial charge is 0.486 e. The van der Waals surface area contributed by atoms with E-state index >= 15 is 0 Å². The summed E-state index contributed by atoms with van der Waals surface area (Å²) < 4.78 is 9.83. The Labute approximate surface area is 72.8 Å². The number of hydrogen-bond donors (Lipinski definition) is 0. The van der Waals surface area contributed by atoms with Gasteiger partial charge in [-0.25, -0.2) is 0 Å². The smallest absolute Gasteiger partial charge is 0.186 e. The van der Waals surface area contributed by atoms with Crippen molar-refractivity contribution in [2.75, 3.05) is 34.4 Å². The molecule has 0 aromatic heterocycles.